The number of nitrogens with one attached hydrogen (secondary N) is 1. The third kappa shape index (κ3) is 1.25. The molecule has 0 saturated heterocycles. The van der Waals surface area contributed by atoms with Crippen molar-refractivity contribution in [2.24, 2.45) is 0 Å². The lowest BCUT2D eigenvalue weighted by Crippen LogP contribution is -2.07. The van der Waals surface area contributed by atoms with Gasteiger partial charge in [-0.3, -0.25) is 9.89 Å². The van der Waals surface area contributed by atoms with E-state index in [1.165, 1.54) is 12.1 Å². The normalized spacial score (nSPS) is 10.6. The van der Waals surface area contributed by atoms with E-state index < -0.39 is 5.82 Å². The minimum atomic E-state index is -0.477. The summed E-state index contributed by atoms with van der Waals surface area (Å²) < 4.78 is 13.2. The van der Waals surface area contributed by atoms with Crippen molar-refractivity contribution in [3.05, 3.63) is 38.8 Å². The van der Waals surface area contributed by atoms with Crippen LogP contribution < -0.4 is 5.43 Å². The Bertz CT molecular complexity index is 523. The van der Waals surface area contributed by atoms with Crippen molar-refractivity contribution in [2.45, 2.75) is 0 Å². The number of H-pyrrole nitrogens is 1. The summed E-state index contributed by atoms with van der Waals surface area (Å²) in [5, 5.41) is 6.36. The van der Waals surface area contributed by atoms with Gasteiger partial charge >= 0.3 is 0 Å². The third-order valence-corrected chi connectivity index (χ3v) is 2.25. The number of hydrogen-bond acceptors (Lipinski definition) is 2. The molecule has 1 N–H and O–H groups in total. The zero-order chi connectivity index (χ0) is 9.42. The molecule has 0 atom stereocenters. The summed E-state index contributed by atoms with van der Waals surface area (Å²) >= 11 is 2.96. The average Bonchev–Trinajstić information content (AvgIpc) is 2.12. The van der Waals surface area contributed by atoms with Gasteiger partial charge in [0, 0.05) is 0 Å². The van der Waals surface area contributed by atoms with Crippen LogP contribution in [0.3, 0.4) is 0 Å². The molecule has 0 saturated carbocycles. The van der Waals surface area contributed by atoms with Crippen LogP contribution in [0, 0.1) is 5.82 Å². The maximum absolute atomic E-state index is 13.1. The van der Waals surface area contributed by atoms with Crippen molar-refractivity contribution in [3.8, 4) is 0 Å². The highest BCUT2D eigenvalue weighted by Gasteiger charge is 2.06. The van der Waals surface area contributed by atoms with Crippen molar-refractivity contribution >= 4 is 26.8 Å². The molecule has 0 amide bonds. The minimum absolute atomic E-state index is 0.135. The molecule has 0 bridgehead atoms. The zero-order valence-electron chi connectivity index (χ0n) is 6.34. The average molecular weight is 243 g/mol. The second kappa shape index (κ2) is 2.92. The lowest BCUT2D eigenvalue weighted by molar-refractivity contribution is 0.634. The molecule has 0 aliphatic heterocycles. The summed E-state index contributed by atoms with van der Waals surface area (Å²) in [5.41, 5.74) is -0.177. The highest BCUT2D eigenvalue weighted by atomic mass is 79.9. The fourth-order valence-electron chi connectivity index (χ4n) is 1.09. The lowest BCUT2D eigenvalue weighted by Gasteiger charge is -1.97. The second-order valence-electron chi connectivity index (χ2n) is 2.51. The Kier molecular flexibility index (Phi) is 1.88. The predicted molar refractivity (Wildman–Crippen MR) is 50.0 cm³/mol. The Morgan fingerprint density at radius 2 is 2.23 bits per heavy atom. The first kappa shape index (κ1) is 8.37. The summed E-state index contributed by atoms with van der Waals surface area (Å²) in [6.07, 6.45) is 0. The Labute approximate surface area is 80.7 Å². The van der Waals surface area contributed by atoms with Crippen LogP contribution in [-0.4, -0.2) is 10.2 Å². The number of fused-ring (bicyclic) bond motifs is 1. The quantitative estimate of drug-likeness (QED) is 0.767. The molecule has 1 aromatic carbocycles. The first-order valence-electron chi connectivity index (χ1n) is 3.52. The topological polar surface area (TPSA) is 45.8 Å². The van der Waals surface area contributed by atoms with Gasteiger partial charge in [-0.2, -0.15) is 5.10 Å². The Morgan fingerprint density at radius 1 is 1.46 bits per heavy atom. The van der Waals surface area contributed by atoms with Gasteiger partial charge in [-0.15, -0.1) is 0 Å². The standard InChI is InChI=1S/C8H4BrFN2O/c9-8-7(13)4-2-1-3-5(10)6(4)11-12-8/h1-3H,(H,11,13). The number of hydrogen-bond donors (Lipinski definition) is 1. The maximum Gasteiger partial charge on any atom is 0.222 e. The van der Waals surface area contributed by atoms with Crippen molar-refractivity contribution in [2.75, 3.05) is 0 Å². The van der Waals surface area contributed by atoms with Crippen LogP contribution >= 0.6 is 15.9 Å². The van der Waals surface area contributed by atoms with E-state index in [-0.39, 0.29) is 15.5 Å². The Morgan fingerprint density at radius 3 is 3.00 bits per heavy atom. The molecule has 0 aliphatic carbocycles. The van der Waals surface area contributed by atoms with Crippen LogP contribution in [0.15, 0.2) is 27.6 Å². The summed E-state index contributed by atoms with van der Waals surface area (Å²) in [4.78, 5) is 11.4. The molecule has 0 unspecified atom stereocenters. The molecule has 0 spiro atoms. The lowest BCUT2D eigenvalue weighted by atomic mass is 10.2. The van der Waals surface area contributed by atoms with E-state index in [4.69, 9.17) is 0 Å². The molecular weight excluding hydrogens is 239 g/mol. The van der Waals surface area contributed by atoms with Gasteiger partial charge < -0.3 is 0 Å². The van der Waals surface area contributed by atoms with Gasteiger partial charge in [-0.25, -0.2) is 4.39 Å². The molecular formula is C8H4BrFN2O. The van der Waals surface area contributed by atoms with Gasteiger partial charge in [-0.1, -0.05) is 6.07 Å². The highest BCUT2D eigenvalue weighted by molar-refractivity contribution is 9.10. The second-order valence-corrected chi connectivity index (χ2v) is 3.26. The number of nitrogens with zero attached hydrogens (tertiary/aromatic N) is 1. The summed E-state index contributed by atoms with van der Waals surface area (Å²) in [5.74, 6) is -0.477. The van der Waals surface area contributed by atoms with Crippen molar-refractivity contribution in [3.63, 3.8) is 0 Å². The number of halogens is 2. The van der Waals surface area contributed by atoms with Crippen LogP contribution in [0.2, 0.25) is 0 Å². The van der Waals surface area contributed by atoms with E-state index in [1.54, 1.807) is 6.07 Å². The van der Waals surface area contributed by atoms with E-state index in [2.05, 4.69) is 26.1 Å². The van der Waals surface area contributed by atoms with Crippen LogP contribution in [0.5, 0.6) is 0 Å². The van der Waals surface area contributed by atoms with Gasteiger partial charge in [0.1, 0.15) is 11.3 Å². The summed E-state index contributed by atoms with van der Waals surface area (Å²) in [7, 11) is 0. The van der Waals surface area contributed by atoms with Gasteiger partial charge in [-0.05, 0) is 28.1 Å². The van der Waals surface area contributed by atoms with E-state index in [9.17, 15) is 9.18 Å². The fraction of sp³-hybridized carbons (Fsp3) is 0. The molecule has 2 aromatic rings. The van der Waals surface area contributed by atoms with Crippen LogP contribution in [0.25, 0.3) is 10.9 Å². The largest absolute Gasteiger partial charge is 0.286 e. The molecule has 0 aliphatic rings. The van der Waals surface area contributed by atoms with Crippen LogP contribution in [0.1, 0.15) is 0 Å². The number of aromatic nitrogens is 2. The smallest absolute Gasteiger partial charge is 0.222 e. The van der Waals surface area contributed by atoms with Gasteiger partial charge in [0.25, 0.3) is 0 Å². The fourth-order valence-corrected chi connectivity index (χ4v) is 1.40. The summed E-state index contributed by atoms with van der Waals surface area (Å²) in [6.45, 7) is 0. The van der Waals surface area contributed by atoms with E-state index >= 15 is 0 Å². The summed E-state index contributed by atoms with van der Waals surface area (Å²) in [6, 6.07) is 4.30. The molecule has 0 radical (unpaired) electrons. The monoisotopic (exact) mass is 242 g/mol. The molecule has 3 nitrogen and oxygen atoms in total. The predicted octanol–water partition coefficient (Wildman–Crippen LogP) is 1.82. The number of benzene rings is 1. The molecule has 13 heavy (non-hydrogen) atoms. The molecule has 5 heteroatoms. The van der Waals surface area contributed by atoms with Crippen molar-refractivity contribution in [1.29, 1.82) is 0 Å². The van der Waals surface area contributed by atoms with Gasteiger partial charge in [0.05, 0.1) is 5.39 Å². The van der Waals surface area contributed by atoms with Crippen LogP contribution in [-0.2, 0) is 0 Å². The van der Waals surface area contributed by atoms with Gasteiger partial charge in [0.2, 0.25) is 5.43 Å². The minimum Gasteiger partial charge on any atom is -0.286 e. The van der Waals surface area contributed by atoms with E-state index in [0.29, 0.717) is 5.39 Å². The van der Waals surface area contributed by atoms with E-state index in [1.807, 2.05) is 0 Å². The zero-order valence-corrected chi connectivity index (χ0v) is 7.93. The Hall–Kier alpha value is -1.23. The first-order valence-corrected chi connectivity index (χ1v) is 4.32. The maximum atomic E-state index is 13.1. The highest BCUT2D eigenvalue weighted by Crippen LogP contribution is 2.11. The number of aromatic amines is 1. The number of para-hydroxylation sites is 1. The Balaban J connectivity index is 3.03. The van der Waals surface area contributed by atoms with Crippen molar-refractivity contribution < 1.29 is 4.39 Å². The van der Waals surface area contributed by atoms with Crippen LogP contribution in [0.4, 0.5) is 4.39 Å². The molecule has 2 rings (SSSR count). The van der Waals surface area contributed by atoms with Gasteiger partial charge in [0.15, 0.2) is 4.60 Å². The SMILES string of the molecule is O=c1c(Br)n[nH]c2c(F)cccc12. The van der Waals surface area contributed by atoms with Crippen molar-refractivity contribution in [1.82, 2.24) is 10.2 Å². The molecule has 0 fully saturated rings. The number of rotatable bonds is 0. The molecule has 66 valence electrons. The molecule has 1 aromatic heterocycles. The third-order valence-electron chi connectivity index (χ3n) is 1.71. The molecule has 1 heterocycles. The first-order chi connectivity index (χ1) is 6.20. The van der Waals surface area contributed by atoms with E-state index in [0.717, 1.165) is 0 Å².